The molecule has 0 spiro atoms. The number of carbonyl (C=O) groups excluding carboxylic acids is 1. The minimum atomic E-state index is -0.0850. The zero-order valence-electron chi connectivity index (χ0n) is 11.2. The fourth-order valence-electron chi connectivity index (χ4n) is 1.60. The van der Waals surface area contributed by atoms with Crippen molar-refractivity contribution in [1.82, 2.24) is 0 Å². The number of carbonyl (C=O) groups is 1. The molecule has 16 heavy (non-hydrogen) atoms. The van der Waals surface area contributed by atoms with Gasteiger partial charge < -0.3 is 9.53 Å². The highest BCUT2D eigenvalue weighted by atomic mass is 16.5. The second kappa shape index (κ2) is 7.61. The van der Waals surface area contributed by atoms with Gasteiger partial charge in [0.2, 0.25) is 0 Å². The Balaban J connectivity index is 3.78. The quantitative estimate of drug-likeness (QED) is 0.443. The van der Waals surface area contributed by atoms with Crippen LogP contribution in [0.4, 0.5) is 0 Å². The van der Waals surface area contributed by atoms with Gasteiger partial charge in [-0.05, 0) is 32.6 Å². The van der Waals surface area contributed by atoms with Crippen molar-refractivity contribution in [2.75, 3.05) is 6.61 Å². The van der Waals surface area contributed by atoms with Crippen LogP contribution in [0.5, 0.6) is 0 Å². The first-order valence-corrected chi connectivity index (χ1v) is 6.13. The summed E-state index contributed by atoms with van der Waals surface area (Å²) in [5.74, 6) is 0.630. The Kier molecular flexibility index (Phi) is 7.31. The Morgan fingerprint density at radius 1 is 1.38 bits per heavy atom. The molecule has 0 aromatic heterocycles. The maximum absolute atomic E-state index is 10.6. The van der Waals surface area contributed by atoms with Crippen LogP contribution >= 0.6 is 0 Å². The van der Waals surface area contributed by atoms with Gasteiger partial charge in [-0.15, -0.1) is 6.58 Å². The standard InChI is InChI=1S/C14H26O2/c1-6-10-16-14(4,5)9-7-8-12(2)13(3)11-15/h6,11-13H,1,7-10H2,2-5H3. The van der Waals surface area contributed by atoms with E-state index < -0.39 is 0 Å². The van der Waals surface area contributed by atoms with Gasteiger partial charge in [0.25, 0.3) is 0 Å². The van der Waals surface area contributed by atoms with Crippen molar-refractivity contribution < 1.29 is 9.53 Å². The second-order valence-corrected chi connectivity index (χ2v) is 5.22. The zero-order chi connectivity index (χ0) is 12.6. The van der Waals surface area contributed by atoms with Crippen molar-refractivity contribution in [3.63, 3.8) is 0 Å². The first-order valence-electron chi connectivity index (χ1n) is 6.13. The highest BCUT2D eigenvalue weighted by Gasteiger charge is 2.18. The van der Waals surface area contributed by atoms with Crippen LogP contribution in [0, 0.1) is 11.8 Å². The van der Waals surface area contributed by atoms with E-state index in [1.807, 2.05) is 6.92 Å². The molecule has 0 radical (unpaired) electrons. The van der Waals surface area contributed by atoms with E-state index in [1.54, 1.807) is 6.08 Å². The van der Waals surface area contributed by atoms with Crippen molar-refractivity contribution in [3.05, 3.63) is 12.7 Å². The molecular weight excluding hydrogens is 200 g/mol. The van der Waals surface area contributed by atoms with Crippen molar-refractivity contribution >= 4 is 6.29 Å². The van der Waals surface area contributed by atoms with Crippen LogP contribution in [0.1, 0.15) is 47.0 Å². The molecule has 0 aliphatic rings. The van der Waals surface area contributed by atoms with E-state index in [-0.39, 0.29) is 11.5 Å². The molecule has 0 saturated heterocycles. The molecular formula is C14H26O2. The lowest BCUT2D eigenvalue weighted by Gasteiger charge is -2.25. The third-order valence-corrected chi connectivity index (χ3v) is 3.14. The summed E-state index contributed by atoms with van der Waals surface area (Å²) in [5.41, 5.74) is -0.0850. The molecule has 0 fully saturated rings. The minimum absolute atomic E-state index is 0.0850. The minimum Gasteiger partial charge on any atom is -0.372 e. The molecule has 2 unspecified atom stereocenters. The predicted molar refractivity (Wildman–Crippen MR) is 68.5 cm³/mol. The largest absolute Gasteiger partial charge is 0.372 e. The van der Waals surface area contributed by atoms with Gasteiger partial charge in [-0.3, -0.25) is 0 Å². The summed E-state index contributed by atoms with van der Waals surface area (Å²) >= 11 is 0. The highest BCUT2D eigenvalue weighted by Crippen LogP contribution is 2.22. The normalized spacial score (nSPS) is 15.5. The third-order valence-electron chi connectivity index (χ3n) is 3.14. The van der Waals surface area contributed by atoms with Gasteiger partial charge in [-0.1, -0.05) is 26.3 Å². The maximum Gasteiger partial charge on any atom is 0.123 e. The molecule has 0 bridgehead atoms. The molecule has 0 aliphatic heterocycles. The zero-order valence-corrected chi connectivity index (χ0v) is 11.2. The van der Waals surface area contributed by atoms with Gasteiger partial charge in [0, 0.05) is 5.92 Å². The van der Waals surface area contributed by atoms with Crippen molar-refractivity contribution in [2.45, 2.75) is 52.6 Å². The molecule has 0 N–H and O–H groups in total. The van der Waals surface area contributed by atoms with E-state index in [9.17, 15) is 4.79 Å². The van der Waals surface area contributed by atoms with Crippen LogP contribution in [0.25, 0.3) is 0 Å². The molecule has 0 aliphatic carbocycles. The van der Waals surface area contributed by atoms with E-state index in [4.69, 9.17) is 4.74 Å². The Morgan fingerprint density at radius 2 is 2.00 bits per heavy atom. The van der Waals surface area contributed by atoms with Gasteiger partial charge in [0.15, 0.2) is 0 Å². The third kappa shape index (κ3) is 6.78. The molecule has 2 nitrogen and oxygen atoms in total. The van der Waals surface area contributed by atoms with Crippen LogP contribution in [0.15, 0.2) is 12.7 Å². The summed E-state index contributed by atoms with van der Waals surface area (Å²) in [7, 11) is 0. The molecule has 0 saturated carbocycles. The van der Waals surface area contributed by atoms with E-state index in [0.717, 1.165) is 25.5 Å². The van der Waals surface area contributed by atoms with Crippen LogP contribution < -0.4 is 0 Å². The van der Waals surface area contributed by atoms with E-state index in [2.05, 4.69) is 27.4 Å². The summed E-state index contributed by atoms with van der Waals surface area (Å²) in [4.78, 5) is 10.6. The number of aldehydes is 1. The molecule has 94 valence electrons. The average molecular weight is 226 g/mol. The molecule has 0 heterocycles. The lowest BCUT2D eigenvalue weighted by Crippen LogP contribution is -2.24. The second-order valence-electron chi connectivity index (χ2n) is 5.22. The Morgan fingerprint density at radius 3 is 2.50 bits per heavy atom. The fraction of sp³-hybridized carbons (Fsp3) is 0.786. The summed E-state index contributed by atoms with van der Waals surface area (Å²) in [6.07, 6.45) is 6.03. The first-order chi connectivity index (χ1) is 7.43. The molecule has 0 aromatic rings. The van der Waals surface area contributed by atoms with Crippen LogP contribution in [0.3, 0.4) is 0 Å². The van der Waals surface area contributed by atoms with E-state index >= 15 is 0 Å². The van der Waals surface area contributed by atoms with Crippen LogP contribution in [-0.2, 0) is 9.53 Å². The van der Waals surface area contributed by atoms with Gasteiger partial charge in [0.05, 0.1) is 12.2 Å². The van der Waals surface area contributed by atoms with Gasteiger partial charge >= 0.3 is 0 Å². The summed E-state index contributed by atoms with van der Waals surface area (Å²) < 4.78 is 5.66. The monoisotopic (exact) mass is 226 g/mol. The summed E-state index contributed by atoms with van der Waals surface area (Å²) in [5, 5.41) is 0. The summed E-state index contributed by atoms with van der Waals surface area (Å²) in [6.45, 7) is 12.6. The Hall–Kier alpha value is -0.630. The molecule has 0 rings (SSSR count). The average Bonchev–Trinajstić information content (AvgIpc) is 2.24. The SMILES string of the molecule is C=CCOC(C)(C)CCCC(C)C(C)C=O. The molecule has 0 aromatic carbocycles. The maximum atomic E-state index is 10.6. The van der Waals surface area contributed by atoms with Gasteiger partial charge in [-0.2, -0.15) is 0 Å². The van der Waals surface area contributed by atoms with Gasteiger partial charge in [-0.25, -0.2) is 0 Å². The molecule has 2 atom stereocenters. The number of hydrogen-bond acceptors (Lipinski definition) is 2. The van der Waals surface area contributed by atoms with E-state index in [1.165, 1.54) is 0 Å². The topological polar surface area (TPSA) is 26.3 Å². The predicted octanol–water partition coefficient (Wildman–Crippen LogP) is 3.61. The Bertz CT molecular complexity index is 209. The molecule has 2 heteroatoms. The van der Waals surface area contributed by atoms with Crippen molar-refractivity contribution in [3.8, 4) is 0 Å². The number of ether oxygens (including phenoxy) is 1. The fourth-order valence-corrected chi connectivity index (χ4v) is 1.60. The number of rotatable bonds is 9. The number of hydrogen-bond donors (Lipinski definition) is 0. The summed E-state index contributed by atoms with van der Waals surface area (Å²) in [6, 6.07) is 0. The van der Waals surface area contributed by atoms with Crippen LogP contribution in [0.2, 0.25) is 0 Å². The first kappa shape index (κ1) is 15.4. The van der Waals surface area contributed by atoms with Gasteiger partial charge in [0.1, 0.15) is 6.29 Å². The lowest BCUT2D eigenvalue weighted by atomic mass is 9.90. The Labute approximate surface area is 100 Å². The van der Waals surface area contributed by atoms with Crippen molar-refractivity contribution in [1.29, 1.82) is 0 Å². The highest BCUT2D eigenvalue weighted by molar-refractivity contribution is 5.53. The van der Waals surface area contributed by atoms with Crippen LogP contribution in [-0.4, -0.2) is 18.5 Å². The molecule has 0 amide bonds. The smallest absolute Gasteiger partial charge is 0.123 e. The van der Waals surface area contributed by atoms with Crippen molar-refractivity contribution in [2.24, 2.45) is 11.8 Å². The lowest BCUT2D eigenvalue weighted by molar-refractivity contribution is -0.111. The van der Waals surface area contributed by atoms with E-state index in [0.29, 0.717) is 12.5 Å².